The molecule has 0 saturated carbocycles. The minimum atomic E-state index is -0.680. The summed E-state index contributed by atoms with van der Waals surface area (Å²) in [6, 6.07) is 14.0. The zero-order valence-corrected chi connectivity index (χ0v) is 17.9. The van der Waals surface area contributed by atoms with E-state index in [0.29, 0.717) is 31.1 Å². The van der Waals surface area contributed by atoms with Crippen LogP contribution in [0.5, 0.6) is 0 Å². The summed E-state index contributed by atoms with van der Waals surface area (Å²) in [5, 5.41) is 10.9. The number of carbonyl (C=O) groups excluding carboxylic acids is 3. The number of aromatic nitrogens is 1. The molecule has 9 heteroatoms. The fraction of sp³-hybridized carbons (Fsp3) is 0.217. The molecule has 0 aliphatic carbocycles. The lowest BCUT2D eigenvalue weighted by atomic mass is 9.99. The van der Waals surface area contributed by atoms with Gasteiger partial charge in [-0.3, -0.25) is 14.9 Å². The van der Waals surface area contributed by atoms with E-state index in [0.717, 1.165) is 28.1 Å². The highest BCUT2D eigenvalue weighted by Crippen LogP contribution is 2.31. The standard InChI is InChI=1S/C23H21N5O3S/c29-19-9-7-15-12-16(6-8-17(15)25-19)18-13-32-22(26-18)27-23(31)28-11-10-24-21(30)20(28)14-4-2-1-3-5-14/h1-6,8,12-13,20H,7,9-11H2,(H,24,30)(H,25,29)(H,26,27,31). The van der Waals surface area contributed by atoms with Gasteiger partial charge in [0.15, 0.2) is 5.13 Å². The monoisotopic (exact) mass is 447 g/mol. The molecular formula is C23H21N5O3S. The first-order valence-corrected chi connectivity index (χ1v) is 11.3. The molecule has 1 atom stereocenters. The molecule has 0 spiro atoms. The largest absolute Gasteiger partial charge is 0.352 e. The van der Waals surface area contributed by atoms with Gasteiger partial charge in [-0.15, -0.1) is 11.3 Å². The number of carbonyl (C=O) groups is 3. The Bertz CT molecular complexity index is 1190. The van der Waals surface area contributed by atoms with Gasteiger partial charge in [0, 0.05) is 36.1 Å². The van der Waals surface area contributed by atoms with Crippen LogP contribution in [-0.2, 0) is 16.0 Å². The molecule has 0 bridgehead atoms. The topological polar surface area (TPSA) is 103 Å². The van der Waals surface area contributed by atoms with Gasteiger partial charge in [0.1, 0.15) is 6.04 Å². The van der Waals surface area contributed by atoms with Gasteiger partial charge in [-0.05, 0) is 29.7 Å². The number of fused-ring (bicyclic) bond motifs is 1. The highest BCUT2D eigenvalue weighted by Gasteiger charge is 2.34. The number of thiazole rings is 1. The number of benzene rings is 2. The van der Waals surface area contributed by atoms with E-state index in [1.165, 1.54) is 16.2 Å². The summed E-state index contributed by atoms with van der Waals surface area (Å²) >= 11 is 1.33. The van der Waals surface area contributed by atoms with Crippen molar-refractivity contribution in [1.82, 2.24) is 15.2 Å². The van der Waals surface area contributed by atoms with Crippen molar-refractivity contribution in [3.8, 4) is 11.3 Å². The lowest BCUT2D eigenvalue weighted by Gasteiger charge is -2.34. The first-order valence-electron chi connectivity index (χ1n) is 10.4. The first-order chi connectivity index (χ1) is 15.6. The minimum absolute atomic E-state index is 0.0316. The van der Waals surface area contributed by atoms with Crippen LogP contribution in [0.4, 0.5) is 15.6 Å². The summed E-state index contributed by atoms with van der Waals surface area (Å²) in [6.45, 7) is 0.816. The van der Waals surface area contributed by atoms with Crippen LogP contribution in [0.25, 0.3) is 11.3 Å². The Morgan fingerprint density at radius 1 is 1.12 bits per heavy atom. The molecule has 3 N–H and O–H groups in total. The van der Waals surface area contributed by atoms with E-state index in [1.54, 1.807) is 0 Å². The number of hydrogen-bond donors (Lipinski definition) is 3. The van der Waals surface area contributed by atoms with E-state index >= 15 is 0 Å². The summed E-state index contributed by atoms with van der Waals surface area (Å²) in [5.74, 6) is -0.164. The highest BCUT2D eigenvalue weighted by atomic mass is 32.1. The minimum Gasteiger partial charge on any atom is -0.352 e. The summed E-state index contributed by atoms with van der Waals surface area (Å²) in [6.07, 6.45) is 1.17. The molecule has 3 aromatic rings. The molecule has 4 amide bonds. The third-order valence-electron chi connectivity index (χ3n) is 5.60. The van der Waals surface area contributed by atoms with Gasteiger partial charge in [-0.1, -0.05) is 36.4 Å². The number of aryl methyl sites for hydroxylation is 1. The molecule has 2 aliphatic rings. The number of urea groups is 1. The molecule has 1 aromatic heterocycles. The summed E-state index contributed by atoms with van der Waals surface area (Å²) in [4.78, 5) is 43.2. The number of nitrogens with zero attached hydrogens (tertiary/aromatic N) is 2. The van der Waals surface area contributed by atoms with Gasteiger partial charge < -0.3 is 15.5 Å². The summed E-state index contributed by atoms with van der Waals surface area (Å²) in [5.41, 5.74) is 4.35. The Balaban J connectivity index is 1.33. The first kappa shape index (κ1) is 20.2. The predicted molar refractivity (Wildman–Crippen MR) is 122 cm³/mol. The quantitative estimate of drug-likeness (QED) is 0.572. The maximum atomic E-state index is 13.0. The number of rotatable bonds is 3. The Morgan fingerprint density at radius 3 is 2.81 bits per heavy atom. The maximum absolute atomic E-state index is 13.0. The van der Waals surface area contributed by atoms with Gasteiger partial charge in [-0.2, -0.15) is 0 Å². The molecule has 162 valence electrons. The normalized spacial score (nSPS) is 17.9. The second-order valence-corrected chi connectivity index (χ2v) is 8.54. The fourth-order valence-corrected chi connectivity index (χ4v) is 4.73. The van der Waals surface area contributed by atoms with Crippen molar-refractivity contribution in [1.29, 1.82) is 0 Å². The van der Waals surface area contributed by atoms with Crippen LogP contribution in [-0.4, -0.2) is 40.8 Å². The second-order valence-electron chi connectivity index (χ2n) is 7.69. The average molecular weight is 448 g/mol. The van der Waals surface area contributed by atoms with E-state index in [9.17, 15) is 14.4 Å². The smallest absolute Gasteiger partial charge is 0.324 e. The number of nitrogens with one attached hydrogen (secondary N) is 3. The van der Waals surface area contributed by atoms with Crippen molar-refractivity contribution in [2.45, 2.75) is 18.9 Å². The van der Waals surface area contributed by atoms with Gasteiger partial charge in [0.05, 0.1) is 5.69 Å². The molecule has 32 heavy (non-hydrogen) atoms. The molecule has 2 aromatic carbocycles. The third-order valence-corrected chi connectivity index (χ3v) is 6.36. The predicted octanol–water partition coefficient (Wildman–Crippen LogP) is 3.40. The van der Waals surface area contributed by atoms with Gasteiger partial charge >= 0.3 is 6.03 Å². The van der Waals surface area contributed by atoms with Crippen LogP contribution in [0.15, 0.2) is 53.9 Å². The Kier molecular flexibility index (Phi) is 5.32. The van der Waals surface area contributed by atoms with Crippen molar-refractivity contribution in [3.63, 3.8) is 0 Å². The van der Waals surface area contributed by atoms with Crippen molar-refractivity contribution in [2.75, 3.05) is 23.7 Å². The molecule has 1 fully saturated rings. The number of amides is 4. The van der Waals surface area contributed by atoms with Crippen LogP contribution in [0.2, 0.25) is 0 Å². The zero-order chi connectivity index (χ0) is 22.1. The molecule has 8 nitrogen and oxygen atoms in total. The van der Waals surface area contributed by atoms with E-state index in [1.807, 2.05) is 53.9 Å². The Morgan fingerprint density at radius 2 is 1.97 bits per heavy atom. The van der Waals surface area contributed by atoms with Crippen molar-refractivity contribution in [2.24, 2.45) is 0 Å². The molecule has 2 aliphatic heterocycles. The Labute approximate surface area is 188 Å². The molecule has 0 radical (unpaired) electrons. The lowest BCUT2D eigenvalue weighted by Crippen LogP contribution is -2.53. The third kappa shape index (κ3) is 3.94. The van der Waals surface area contributed by atoms with Gasteiger partial charge in [0.25, 0.3) is 0 Å². The second kappa shape index (κ2) is 8.43. The number of anilines is 2. The lowest BCUT2D eigenvalue weighted by molar-refractivity contribution is -0.127. The molecule has 3 heterocycles. The number of hydrogen-bond acceptors (Lipinski definition) is 5. The van der Waals surface area contributed by atoms with E-state index < -0.39 is 6.04 Å². The Hall–Kier alpha value is -3.72. The van der Waals surface area contributed by atoms with Crippen LogP contribution >= 0.6 is 11.3 Å². The van der Waals surface area contributed by atoms with Crippen LogP contribution in [0.3, 0.4) is 0 Å². The van der Waals surface area contributed by atoms with E-state index in [-0.39, 0.29) is 17.8 Å². The molecule has 5 rings (SSSR count). The SMILES string of the molecule is O=C1CCc2cc(-c3csc(NC(=O)N4CCNC(=O)C4c4ccccc4)n3)ccc2N1. The maximum Gasteiger partial charge on any atom is 0.324 e. The van der Waals surface area contributed by atoms with Gasteiger partial charge in [0.2, 0.25) is 11.8 Å². The highest BCUT2D eigenvalue weighted by molar-refractivity contribution is 7.14. The molecule has 1 saturated heterocycles. The fourth-order valence-electron chi connectivity index (χ4n) is 4.02. The average Bonchev–Trinajstić information content (AvgIpc) is 3.27. The van der Waals surface area contributed by atoms with Crippen molar-refractivity contribution >= 4 is 40.0 Å². The summed E-state index contributed by atoms with van der Waals surface area (Å²) < 4.78 is 0. The summed E-state index contributed by atoms with van der Waals surface area (Å²) in [7, 11) is 0. The molecule has 1 unspecified atom stereocenters. The molecular weight excluding hydrogens is 426 g/mol. The van der Waals surface area contributed by atoms with E-state index in [4.69, 9.17) is 0 Å². The van der Waals surface area contributed by atoms with Gasteiger partial charge in [-0.25, -0.2) is 9.78 Å². The number of piperazine rings is 1. The van der Waals surface area contributed by atoms with Crippen molar-refractivity contribution < 1.29 is 14.4 Å². The van der Waals surface area contributed by atoms with Crippen molar-refractivity contribution in [3.05, 3.63) is 65.0 Å². The van der Waals surface area contributed by atoms with E-state index in [2.05, 4.69) is 20.9 Å². The van der Waals surface area contributed by atoms with Crippen LogP contribution in [0.1, 0.15) is 23.6 Å². The zero-order valence-electron chi connectivity index (χ0n) is 17.1. The van der Waals surface area contributed by atoms with Crippen LogP contribution < -0.4 is 16.0 Å². The van der Waals surface area contributed by atoms with Crippen LogP contribution in [0, 0.1) is 0 Å².